The minimum absolute atomic E-state index is 0.210. The van der Waals surface area contributed by atoms with Gasteiger partial charge in [-0.2, -0.15) is 0 Å². The average Bonchev–Trinajstić information content (AvgIpc) is 3.29. The van der Waals surface area contributed by atoms with Gasteiger partial charge in [0, 0.05) is 12.7 Å². The van der Waals surface area contributed by atoms with E-state index in [0.29, 0.717) is 31.1 Å². The van der Waals surface area contributed by atoms with Crippen LogP contribution >= 0.6 is 0 Å². The van der Waals surface area contributed by atoms with Crippen LogP contribution in [0.5, 0.6) is 5.75 Å². The molecule has 2 N–H and O–H groups in total. The van der Waals surface area contributed by atoms with Gasteiger partial charge in [-0.05, 0) is 49.4 Å². The van der Waals surface area contributed by atoms with E-state index < -0.39 is 5.41 Å². The molecule has 0 heterocycles. The normalized spacial score (nSPS) is 15.3. The number of ether oxygens (including phenoxy) is 1. The van der Waals surface area contributed by atoms with Crippen LogP contribution in [0.25, 0.3) is 0 Å². The van der Waals surface area contributed by atoms with E-state index in [0.717, 1.165) is 12.2 Å². The number of nitrogens with one attached hydrogen (secondary N) is 2. The Kier molecular flexibility index (Phi) is 5.06. The molecule has 1 aromatic carbocycles. The van der Waals surface area contributed by atoms with Gasteiger partial charge in [-0.25, -0.2) is 0 Å². The summed E-state index contributed by atoms with van der Waals surface area (Å²) < 4.78 is 5.64. The van der Waals surface area contributed by atoms with Gasteiger partial charge in [0.2, 0.25) is 11.8 Å². The summed E-state index contributed by atoms with van der Waals surface area (Å²) in [5, 5.41) is 5.36. The second-order valence-electron chi connectivity index (χ2n) is 6.17. The van der Waals surface area contributed by atoms with Crippen LogP contribution in [0.3, 0.4) is 0 Å². The first kappa shape index (κ1) is 16.3. The quantitative estimate of drug-likeness (QED) is 0.761. The fraction of sp³-hybridized carbons (Fsp3) is 0.529. The van der Waals surface area contributed by atoms with Crippen molar-refractivity contribution >= 4 is 17.5 Å². The molecule has 1 aromatic rings. The van der Waals surface area contributed by atoms with Gasteiger partial charge in [-0.15, -0.1) is 0 Å². The van der Waals surface area contributed by atoms with E-state index in [1.54, 1.807) is 19.2 Å². The Morgan fingerprint density at radius 3 is 2.32 bits per heavy atom. The van der Waals surface area contributed by atoms with Crippen LogP contribution in [-0.4, -0.2) is 25.5 Å². The molecule has 0 spiro atoms. The van der Waals surface area contributed by atoms with E-state index >= 15 is 0 Å². The molecular weight excluding hydrogens is 280 g/mol. The minimum atomic E-state index is -0.874. The number of carbonyl (C=O) groups excluding carboxylic acids is 2. The third-order valence-corrected chi connectivity index (χ3v) is 3.92. The number of hydrogen-bond acceptors (Lipinski definition) is 3. The van der Waals surface area contributed by atoms with Crippen molar-refractivity contribution in [1.82, 2.24) is 5.32 Å². The van der Waals surface area contributed by atoms with Gasteiger partial charge in [-0.1, -0.05) is 13.8 Å². The predicted molar refractivity (Wildman–Crippen MR) is 85.8 cm³/mol. The molecule has 0 bridgehead atoms. The molecule has 1 saturated carbocycles. The number of hydrogen-bond donors (Lipinski definition) is 2. The first-order valence-corrected chi connectivity index (χ1v) is 7.74. The Balaban J connectivity index is 1.89. The lowest BCUT2D eigenvalue weighted by Crippen LogP contribution is -2.38. The molecule has 0 unspecified atom stereocenters. The maximum atomic E-state index is 12.2. The number of amides is 2. The largest absolute Gasteiger partial charge is 0.494 e. The van der Waals surface area contributed by atoms with Crippen molar-refractivity contribution in [2.24, 2.45) is 11.3 Å². The zero-order valence-corrected chi connectivity index (χ0v) is 13.4. The van der Waals surface area contributed by atoms with Gasteiger partial charge in [0.15, 0.2) is 0 Å². The smallest absolute Gasteiger partial charge is 0.240 e. The maximum absolute atomic E-state index is 12.2. The predicted octanol–water partition coefficient (Wildman–Crippen LogP) is 2.58. The molecule has 2 amide bonds. The lowest BCUT2D eigenvalue weighted by atomic mass is 10.1. The van der Waals surface area contributed by atoms with Gasteiger partial charge < -0.3 is 15.4 Å². The summed E-state index contributed by atoms with van der Waals surface area (Å²) in [6, 6.07) is 7.25. The molecule has 0 atom stereocenters. The van der Waals surface area contributed by atoms with E-state index in [1.165, 1.54) is 0 Å². The van der Waals surface area contributed by atoms with E-state index in [9.17, 15) is 9.59 Å². The van der Waals surface area contributed by atoms with Gasteiger partial charge in [0.25, 0.3) is 0 Å². The highest BCUT2D eigenvalue weighted by atomic mass is 16.5. The second kappa shape index (κ2) is 6.81. The van der Waals surface area contributed by atoms with Crippen molar-refractivity contribution in [2.45, 2.75) is 33.1 Å². The molecule has 2 rings (SSSR count). The van der Waals surface area contributed by atoms with Crippen LogP contribution in [0.2, 0.25) is 0 Å². The molecular formula is C17H24N2O3. The van der Waals surface area contributed by atoms with E-state index in [4.69, 9.17) is 4.74 Å². The summed E-state index contributed by atoms with van der Waals surface area (Å²) in [4.78, 5) is 24.0. The Morgan fingerprint density at radius 2 is 1.82 bits per heavy atom. The van der Waals surface area contributed by atoms with Crippen molar-refractivity contribution in [3.05, 3.63) is 24.3 Å². The minimum Gasteiger partial charge on any atom is -0.494 e. The summed E-state index contributed by atoms with van der Waals surface area (Å²) in [6.45, 7) is 4.99. The first-order valence-electron chi connectivity index (χ1n) is 7.74. The standard InChI is InChI=1S/C17H24N2O3/c1-12(2)8-11-22-14-6-4-13(5-7-14)19-16(21)17(9-10-17)15(20)18-3/h4-7,12H,8-11H2,1-3H3,(H,18,20)(H,19,21). The topological polar surface area (TPSA) is 67.4 Å². The van der Waals surface area contributed by atoms with Crippen molar-refractivity contribution in [3.8, 4) is 5.75 Å². The van der Waals surface area contributed by atoms with Crippen molar-refractivity contribution < 1.29 is 14.3 Å². The van der Waals surface area contributed by atoms with Gasteiger partial charge in [0.1, 0.15) is 11.2 Å². The first-order chi connectivity index (χ1) is 10.5. The van der Waals surface area contributed by atoms with Crippen LogP contribution in [0, 0.1) is 11.3 Å². The summed E-state index contributed by atoms with van der Waals surface area (Å²) in [5.74, 6) is 0.947. The van der Waals surface area contributed by atoms with Crippen LogP contribution < -0.4 is 15.4 Å². The zero-order valence-electron chi connectivity index (χ0n) is 13.4. The molecule has 120 valence electrons. The fourth-order valence-electron chi connectivity index (χ4n) is 2.22. The van der Waals surface area contributed by atoms with Crippen LogP contribution in [0.4, 0.5) is 5.69 Å². The van der Waals surface area contributed by atoms with Crippen molar-refractivity contribution in [3.63, 3.8) is 0 Å². The zero-order chi connectivity index (χ0) is 16.2. The monoisotopic (exact) mass is 304 g/mol. The summed E-state index contributed by atoms with van der Waals surface area (Å²) in [7, 11) is 1.55. The molecule has 5 nitrogen and oxygen atoms in total. The maximum Gasteiger partial charge on any atom is 0.240 e. The third-order valence-electron chi connectivity index (χ3n) is 3.92. The average molecular weight is 304 g/mol. The van der Waals surface area contributed by atoms with Gasteiger partial charge >= 0.3 is 0 Å². The van der Waals surface area contributed by atoms with E-state index in [2.05, 4.69) is 24.5 Å². The Morgan fingerprint density at radius 1 is 1.18 bits per heavy atom. The second-order valence-corrected chi connectivity index (χ2v) is 6.17. The van der Waals surface area contributed by atoms with Crippen molar-refractivity contribution in [1.29, 1.82) is 0 Å². The lowest BCUT2D eigenvalue weighted by molar-refractivity contribution is -0.134. The van der Waals surface area contributed by atoms with Gasteiger partial charge in [0.05, 0.1) is 6.61 Å². The molecule has 5 heteroatoms. The highest BCUT2D eigenvalue weighted by molar-refractivity contribution is 6.12. The SMILES string of the molecule is CNC(=O)C1(C(=O)Nc2ccc(OCCC(C)C)cc2)CC1. The van der Waals surface area contributed by atoms with Crippen LogP contribution in [-0.2, 0) is 9.59 Å². The van der Waals surface area contributed by atoms with Crippen molar-refractivity contribution in [2.75, 3.05) is 19.0 Å². The summed E-state index contributed by atoms with van der Waals surface area (Å²) >= 11 is 0. The third kappa shape index (κ3) is 3.78. The van der Waals surface area contributed by atoms with Gasteiger partial charge in [-0.3, -0.25) is 9.59 Å². The van der Waals surface area contributed by atoms with E-state index in [1.807, 2.05) is 12.1 Å². The highest BCUT2D eigenvalue weighted by Gasteiger charge is 2.56. The fourth-order valence-corrected chi connectivity index (χ4v) is 2.22. The molecule has 0 aromatic heterocycles. The number of rotatable bonds is 7. The number of benzene rings is 1. The Bertz CT molecular complexity index is 533. The summed E-state index contributed by atoms with van der Waals surface area (Å²) in [6.07, 6.45) is 2.22. The molecule has 1 aliphatic carbocycles. The Labute approximate surface area is 131 Å². The van der Waals surface area contributed by atoms with Crippen LogP contribution in [0.1, 0.15) is 33.1 Å². The Hall–Kier alpha value is -2.04. The van der Waals surface area contributed by atoms with Crippen LogP contribution in [0.15, 0.2) is 24.3 Å². The molecule has 1 fully saturated rings. The molecule has 1 aliphatic rings. The number of carbonyl (C=O) groups is 2. The number of anilines is 1. The lowest BCUT2D eigenvalue weighted by Gasteiger charge is -2.14. The highest BCUT2D eigenvalue weighted by Crippen LogP contribution is 2.46. The van der Waals surface area contributed by atoms with E-state index in [-0.39, 0.29) is 11.8 Å². The summed E-state index contributed by atoms with van der Waals surface area (Å²) in [5.41, 5.74) is -0.197. The molecule has 0 aliphatic heterocycles. The molecule has 0 saturated heterocycles. The molecule has 22 heavy (non-hydrogen) atoms. The molecule has 0 radical (unpaired) electrons.